The molecule has 8 heteroatoms. The highest BCUT2D eigenvalue weighted by Gasteiger charge is 2.20. The predicted octanol–water partition coefficient (Wildman–Crippen LogP) is 1.31. The Kier molecular flexibility index (Phi) is 9.33. The number of benzene rings is 1. The molecule has 0 atom stereocenters. The van der Waals surface area contributed by atoms with Crippen LogP contribution in [0.15, 0.2) is 24.3 Å². The zero-order chi connectivity index (χ0) is 20.4. The second-order valence-corrected chi connectivity index (χ2v) is 7.23. The number of piperazine rings is 1. The third-order valence-electron chi connectivity index (χ3n) is 4.40. The van der Waals surface area contributed by atoms with Crippen molar-refractivity contribution in [2.45, 2.75) is 26.4 Å². The van der Waals surface area contributed by atoms with Crippen LogP contribution in [-0.4, -0.2) is 80.1 Å². The van der Waals surface area contributed by atoms with Crippen molar-refractivity contribution >= 4 is 17.5 Å². The molecule has 1 aliphatic rings. The first-order chi connectivity index (χ1) is 13.4. The Morgan fingerprint density at radius 1 is 1.11 bits per heavy atom. The van der Waals surface area contributed by atoms with E-state index in [9.17, 15) is 14.0 Å². The molecule has 1 aliphatic heterocycles. The van der Waals surface area contributed by atoms with Gasteiger partial charge in [0, 0.05) is 45.0 Å². The minimum atomic E-state index is -0.378. The fourth-order valence-corrected chi connectivity index (χ4v) is 2.95. The standard InChI is InChI=1S/C20H31FN4O3/c1-16(2)28-12-4-7-22-19(26)14-24-8-10-25(11-9-24)15-20(27)23-18-6-3-5-17(21)13-18/h3,5-6,13,16H,4,7-12,14-15H2,1-2H3,(H,22,26)(H,23,27). The summed E-state index contributed by atoms with van der Waals surface area (Å²) in [5.74, 6) is -0.528. The van der Waals surface area contributed by atoms with Gasteiger partial charge in [-0.25, -0.2) is 4.39 Å². The summed E-state index contributed by atoms with van der Waals surface area (Å²) < 4.78 is 18.6. The third-order valence-corrected chi connectivity index (χ3v) is 4.40. The molecule has 156 valence electrons. The molecule has 7 nitrogen and oxygen atoms in total. The van der Waals surface area contributed by atoms with E-state index in [2.05, 4.69) is 15.5 Å². The van der Waals surface area contributed by atoms with Crippen LogP contribution in [0.25, 0.3) is 0 Å². The van der Waals surface area contributed by atoms with Gasteiger partial charge in [-0.2, -0.15) is 0 Å². The summed E-state index contributed by atoms with van der Waals surface area (Å²) in [5, 5.41) is 5.62. The Hall–Kier alpha value is -2.03. The molecule has 1 fully saturated rings. The molecule has 2 amide bonds. The van der Waals surface area contributed by atoms with E-state index >= 15 is 0 Å². The molecule has 0 saturated carbocycles. The van der Waals surface area contributed by atoms with Gasteiger partial charge in [0.2, 0.25) is 11.8 Å². The number of halogens is 1. The summed E-state index contributed by atoms with van der Waals surface area (Å²) in [5.41, 5.74) is 0.458. The van der Waals surface area contributed by atoms with Crippen molar-refractivity contribution in [1.29, 1.82) is 0 Å². The molecule has 1 saturated heterocycles. The van der Waals surface area contributed by atoms with Gasteiger partial charge in [-0.15, -0.1) is 0 Å². The molecule has 28 heavy (non-hydrogen) atoms. The number of nitrogens with one attached hydrogen (secondary N) is 2. The summed E-state index contributed by atoms with van der Waals surface area (Å²) in [4.78, 5) is 28.2. The highest BCUT2D eigenvalue weighted by atomic mass is 19.1. The van der Waals surface area contributed by atoms with E-state index in [0.29, 0.717) is 38.5 Å². The van der Waals surface area contributed by atoms with E-state index < -0.39 is 0 Å². The first-order valence-corrected chi connectivity index (χ1v) is 9.81. The van der Waals surface area contributed by atoms with Crippen LogP contribution >= 0.6 is 0 Å². The quantitative estimate of drug-likeness (QED) is 0.586. The second-order valence-electron chi connectivity index (χ2n) is 7.23. The monoisotopic (exact) mass is 394 g/mol. The maximum atomic E-state index is 13.2. The largest absolute Gasteiger partial charge is 0.379 e. The van der Waals surface area contributed by atoms with E-state index in [1.807, 2.05) is 18.7 Å². The number of carbonyl (C=O) groups excluding carboxylic acids is 2. The fraction of sp³-hybridized carbons (Fsp3) is 0.600. The van der Waals surface area contributed by atoms with E-state index in [4.69, 9.17) is 4.74 Å². The van der Waals surface area contributed by atoms with Crippen molar-refractivity contribution in [3.63, 3.8) is 0 Å². The number of amides is 2. The molecule has 1 heterocycles. The topological polar surface area (TPSA) is 73.9 Å². The maximum Gasteiger partial charge on any atom is 0.238 e. The van der Waals surface area contributed by atoms with Gasteiger partial charge in [-0.1, -0.05) is 6.07 Å². The molecule has 0 radical (unpaired) electrons. The predicted molar refractivity (Wildman–Crippen MR) is 107 cm³/mol. The molecular weight excluding hydrogens is 363 g/mol. The van der Waals surface area contributed by atoms with Crippen LogP contribution in [0.5, 0.6) is 0 Å². The van der Waals surface area contributed by atoms with Crippen molar-refractivity contribution < 1.29 is 18.7 Å². The number of anilines is 1. The van der Waals surface area contributed by atoms with E-state index in [0.717, 1.165) is 19.5 Å². The number of hydrogen-bond donors (Lipinski definition) is 2. The van der Waals surface area contributed by atoms with Crippen LogP contribution in [0.3, 0.4) is 0 Å². The minimum Gasteiger partial charge on any atom is -0.379 e. The fourth-order valence-electron chi connectivity index (χ4n) is 2.95. The van der Waals surface area contributed by atoms with Crippen LogP contribution < -0.4 is 10.6 Å². The number of rotatable bonds is 10. The molecular formula is C20H31FN4O3. The van der Waals surface area contributed by atoms with E-state index in [1.54, 1.807) is 12.1 Å². The molecule has 0 unspecified atom stereocenters. The number of carbonyl (C=O) groups is 2. The SMILES string of the molecule is CC(C)OCCCNC(=O)CN1CCN(CC(=O)Nc2cccc(F)c2)CC1. The Bertz CT molecular complexity index is 634. The number of ether oxygens (including phenoxy) is 1. The lowest BCUT2D eigenvalue weighted by molar-refractivity contribution is -0.123. The van der Waals surface area contributed by atoms with Crippen molar-refractivity contribution in [2.24, 2.45) is 0 Å². The van der Waals surface area contributed by atoms with Gasteiger partial charge < -0.3 is 15.4 Å². The van der Waals surface area contributed by atoms with Crippen molar-refractivity contribution in [1.82, 2.24) is 15.1 Å². The van der Waals surface area contributed by atoms with Crippen molar-refractivity contribution in [2.75, 3.05) is 57.7 Å². The van der Waals surface area contributed by atoms with Crippen LogP contribution in [0.4, 0.5) is 10.1 Å². The summed E-state index contributed by atoms with van der Waals surface area (Å²) in [6.45, 7) is 8.76. The van der Waals surface area contributed by atoms with E-state index in [1.165, 1.54) is 12.1 Å². The van der Waals surface area contributed by atoms with Gasteiger partial charge in [0.15, 0.2) is 0 Å². The Balaban J connectivity index is 1.59. The lowest BCUT2D eigenvalue weighted by atomic mass is 10.3. The Morgan fingerprint density at radius 2 is 1.75 bits per heavy atom. The van der Waals surface area contributed by atoms with Gasteiger partial charge in [0.25, 0.3) is 0 Å². The minimum absolute atomic E-state index is 0.0156. The van der Waals surface area contributed by atoms with Gasteiger partial charge in [0.1, 0.15) is 5.82 Å². The molecule has 2 rings (SSSR count). The van der Waals surface area contributed by atoms with Crippen LogP contribution in [0.2, 0.25) is 0 Å². The molecule has 0 bridgehead atoms. The highest BCUT2D eigenvalue weighted by Crippen LogP contribution is 2.09. The first-order valence-electron chi connectivity index (χ1n) is 9.81. The average molecular weight is 394 g/mol. The summed E-state index contributed by atoms with van der Waals surface area (Å²) in [6.07, 6.45) is 1.01. The summed E-state index contributed by atoms with van der Waals surface area (Å²) in [7, 11) is 0. The number of nitrogens with zero attached hydrogens (tertiary/aromatic N) is 2. The number of hydrogen-bond acceptors (Lipinski definition) is 5. The molecule has 0 aliphatic carbocycles. The summed E-state index contributed by atoms with van der Waals surface area (Å²) >= 11 is 0. The zero-order valence-electron chi connectivity index (χ0n) is 16.7. The lowest BCUT2D eigenvalue weighted by Gasteiger charge is -2.33. The van der Waals surface area contributed by atoms with Gasteiger partial charge in [0.05, 0.1) is 19.2 Å². The highest BCUT2D eigenvalue weighted by molar-refractivity contribution is 5.92. The zero-order valence-corrected chi connectivity index (χ0v) is 16.7. The van der Waals surface area contributed by atoms with E-state index in [-0.39, 0.29) is 30.3 Å². The third kappa shape index (κ3) is 8.77. The van der Waals surface area contributed by atoms with Crippen LogP contribution in [0.1, 0.15) is 20.3 Å². The van der Waals surface area contributed by atoms with Gasteiger partial charge in [-0.3, -0.25) is 19.4 Å². The first kappa shape index (κ1) is 22.3. The van der Waals surface area contributed by atoms with Crippen LogP contribution in [0, 0.1) is 5.82 Å². The molecule has 0 aromatic heterocycles. The van der Waals surface area contributed by atoms with Crippen LogP contribution in [-0.2, 0) is 14.3 Å². The molecule has 2 N–H and O–H groups in total. The Morgan fingerprint density at radius 3 is 2.36 bits per heavy atom. The molecule has 1 aromatic carbocycles. The van der Waals surface area contributed by atoms with Gasteiger partial charge >= 0.3 is 0 Å². The van der Waals surface area contributed by atoms with Crippen molar-refractivity contribution in [3.05, 3.63) is 30.1 Å². The van der Waals surface area contributed by atoms with Gasteiger partial charge in [-0.05, 0) is 38.5 Å². The Labute approximate surface area is 166 Å². The smallest absolute Gasteiger partial charge is 0.238 e. The normalized spacial score (nSPS) is 15.6. The van der Waals surface area contributed by atoms with Crippen molar-refractivity contribution in [3.8, 4) is 0 Å². The maximum absolute atomic E-state index is 13.2. The lowest BCUT2D eigenvalue weighted by Crippen LogP contribution is -2.51. The summed E-state index contributed by atoms with van der Waals surface area (Å²) in [6, 6.07) is 5.85. The molecule has 0 spiro atoms. The second kappa shape index (κ2) is 11.7. The average Bonchev–Trinajstić information content (AvgIpc) is 2.63. The molecule has 1 aromatic rings.